The number of nitrogens with zero attached hydrogens (tertiary/aromatic N) is 3. The Morgan fingerprint density at radius 3 is 2.31 bits per heavy atom. The van der Waals surface area contributed by atoms with Crippen molar-refractivity contribution in [2.45, 2.75) is 53.9 Å². The number of aromatic nitrogens is 3. The molecule has 0 fully saturated rings. The van der Waals surface area contributed by atoms with Crippen LogP contribution in [0.4, 0.5) is 5.69 Å². The summed E-state index contributed by atoms with van der Waals surface area (Å²) in [6, 6.07) is 19.1. The van der Waals surface area contributed by atoms with Gasteiger partial charge in [0.2, 0.25) is 5.91 Å². The van der Waals surface area contributed by atoms with Crippen LogP contribution in [0, 0.1) is 17.7 Å². The first-order valence-corrected chi connectivity index (χ1v) is 13.0. The summed E-state index contributed by atoms with van der Waals surface area (Å²) < 4.78 is 7.98. The van der Waals surface area contributed by atoms with E-state index >= 15 is 0 Å². The summed E-state index contributed by atoms with van der Waals surface area (Å²) in [5.74, 6) is 2.73. The Morgan fingerprint density at radius 1 is 1.00 bits per heavy atom. The minimum Gasteiger partial charge on any atom is -0.456 e. The first-order chi connectivity index (χ1) is 18.5. The number of carbonyl (C=O) groups is 1. The summed E-state index contributed by atoms with van der Waals surface area (Å²) in [4.78, 5) is 13.0. The second-order valence-electron chi connectivity index (χ2n) is 11.0. The van der Waals surface area contributed by atoms with Gasteiger partial charge in [-0.1, -0.05) is 64.4 Å². The highest BCUT2D eigenvalue weighted by Crippen LogP contribution is 2.24. The second kappa shape index (κ2) is 11.5. The van der Waals surface area contributed by atoms with E-state index in [9.17, 15) is 4.79 Å². The summed E-state index contributed by atoms with van der Waals surface area (Å²) in [6.45, 7) is 12.1. The van der Waals surface area contributed by atoms with Crippen LogP contribution in [0.1, 0.15) is 57.5 Å². The Morgan fingerprint density at radius 2 is 1.67 bits per heavy atom. The molecule has 3 N–H and O–H groups in total. The van der Waals surface area contributed by atoms with E-state index in [0.717, 1.165) is 28.3 Å². The number of carbonyl (C=O) groups excluding carboxylic acids is 1. The Labute approximate surface area is 229 Å². The quantitative estimate of drug-likeness (QED) is 0.213. The molecule has 8 heteroatoms. The largest absolute Gasteiger partial charge is 0.456 e. The predicted molar refractivity (Wildman–Crippen MR) is 156 cm³/mol. The van der Waals surface area contributed by atoms with Crippen LogP contribution in [0.15, 0.2) is 78.8 Å². The Kier molecular flexibility index (Phi) is 8.14. The van der Waals surface area contributed by atoms with Gasteiger partial charge in [-0.3, -0.25) is 9.20 Å². The minimum atomic E-state index is -0.351. The number of hydrogen-bond acceptors (Lipinski definition) is 6. The van der Waals surface area contributed by atoms with Gasteiger partial charge in [0.15, 0.2) is 5.65 Å². The van der Waals surface area contributed by atoms with Crippen molar-refractivity contribution in [3.63, 3.8) is 0 Å². The third-order valence-electron chi connectivity index (χ3n) is 6.14. The number of nitrogens with one attached hydrogen (secondary N) is 3. The molecule has 2 aromatic carbocycles. The van der Waals surface area contributed by atoms with Crippen LogP contribution in [0.3, 0.4) is 0 Å². The maximum atomic E-state index is 13.0. The first-order valence-electron chi connectivity index (χ1n) is 13.0. The van der Waals surface area contributed by atoms with E-state index in [0.29, 0.717) is 23.0 Å². The number of anilines is 1. The van der Waals surface area contributed by atoms with Gasteiger partial charge >= 0.3 is 0 Å². The van der Waals surface area contributed by atoms with Gasteiger partial charge in [0, 0.05) is 28.8 Å². The third kappa shape index (κ3) is 7.31. The zero-order valence-electron chi connectivity index (χ0n) is 23.4. The molecule has 4 aromatic rings. The number of benzene rings is 2. The second-order valence-corrected chi connectivity index (χ2v) is 11.0. The molecule has 0 atom stereocenters. The molecule has 2 aromatic heterocycles. The third-order valence-corrected chi connectivity index (χ3v) is 6.14. The lowest BCUT2D eigenvalue weighted by Crippen LogP contribution is -2.30. The number of fused-ring (bicyclic) bond motifs is 1. The topological polar surface area (TPSA) is 104 Å². The van der Waals surface area contributed by atoms with E-state index in [-0.39, 0.29) is 23.7 Å². The van der Waals surface area contributed by atoms with Crippen LogP contribution in [0.2, 0.25) is 0 Å². The number of allylic oxidation sites excluding steroid dienone is 1. The molecular formula is C31H36N6O2. The molecule has 0 bridgehead atoms. The molecule has 0 aliphatic carbocycles. The fraction of sp³-hybridized carbons (Fsp3) is 0.290. The Balaban J connectivity index is 1.43. The average Bonchev–Trinajstić information content (AvgIpc) is 3.29. The minimum absolute atomic E-state index is 0.181. The maximum Gasteiger partial charge on any atom is 0.229 e. The van der Waals surface area contributed by atoms with Gasteiger partial charge in [-0.2, -0.15) is 0 Å². The molecule has 0 saturated heterocycles. The van der Waals surface area contributed by atoms with Gasteiger partial charge in [-0.15, -0.1) is 10.2 Å². The van der Waals surface area contributed by atoms with Crippen molar-refractivity contribution in [2.24, 2.45) is 5.41 Å². The maximum absolute atomic E-state index is 13.0. The normalized spacial score (nSPS) is 12.0. The molecule has 39 heavy (non-hydrogen) atoms. The number of ether oxygens (including phenoxy) is 1. The van der Waals surface area contributed by atoms with Crippen molar-refractivity contribution in [3.8, 4) is 11.5 Å². The Hall–Kier alpha value is -4.46. The van der Waals surface area contributed by atoms with Crippen LogP contribution < -0.4 is 15.4 Å². The summed E-state index contributed by atoms with van der Waals surface area (Å²) >= 11 is 0. The van der Waals surface area contributed by atoms with Gasteiger partial charge in [-0.05, 0) is 48.9 Å². The zero-order chi connectivity index (χ0) is 28.2. The number of rotatable bonds is 9. The Bertz CT molecular complexity index is 1490. The fourth-order valence-electron chi connectivity index (χ4n) is 3.79. The van der Waals surface area contributed by atoms with Crippen LogP contribution in [0.5, 0.6) is 11.5 Å². The lowest BCUT2D eigenvalue weighted by Gasteiger charge is -2.19. The molecule has 0 radical (unpaired) electrons. The van der Waals surface area contributed by atoms with Crippen molar-refractivity contribution in [2.75, 3.05) is 5.32 Å². The summed E-state index contributed by atoms with van der Waals surface area (Å²) in [7, 11) is 0. The van der Waals surface area contributed by atoms with Crippen LogP contribution in [0.25, 0.3) is 5.65 Å². The van der Waals surface area contributed by atoms with E-state index in [1.165, 1.54) is 0 Å². The van der Waals surface area contributed by atoms with Gasteiger partial charge in [-0.25, -0.2) is 0 Å². The van der Waals surface area contributed by atoms with E-state index in [2.05, 4.69) is 34.7 Å². The lowest BCUT2D eigenvalue weighted by molar-refractivity contribution is -0.119. The number of pyridine rings is 1. The average molecular weight is 525 g/mol. The van der Waals surface area contributed by atoms with Gasteiger partial charge in [0.1, 0.15) is 23.1 Å². The van der Waals surface area contributed by atoms with Crippen molar-refractivity contribution >= 4 is 23.0 Å². The molecule has 0 saturated carbocycles. The number of hydrogen-bond donors (Lipinski definition) is 3. The summed E-state index contributed by atoms with van der Waals surface area (Å²) in [6.07, 6.45) is 3.74. The van der Waals surface area contributed by atoms with Gasteiger partial charge in [0.05, 0.1) is 12.6 Å². The van der Waals surface area contributed by atoms with E-state index in [1.54, 1.807) is 6.08 Å². The smallest absolute Gasteiger partial charge is 0.229 e. The molecule has 8 nitrogen and oxygen atoms in total. The zero-order valence-corrected chi connectivity index (χ0v) is 23.4. The van der Waals surface area contributed by atoms with E-state index in [4.69, 9.17) is 10.1 Å². The van der Waals surface area contributed by atoms with Crippen molar-refractivity contribution < 1.29 is 9.53 Å². The highest BCUT2D eigenvalue weighted by molar-refractivity contribution is 5.98. The van der Waals surface area contributed by atoms with Crippen LogP contribution in [-0.2, 0) is 11.2 Å². The highest BCUT2D eigenvalue weighted by atomic mass is 16.5. The molecule has 4 rings (SSSR count). The monoisotopic (exact) mass is 524 g/mol. The van der Waals surface area contributed by atoms with E-state index < -0.39 is 0 Å². The standard InChI is InChI=1S/C31H36N6O2/c1-20(2)30-36-35-28-16-15-25(19-37(28)30)39-24-13-9-22(10-14-24)17-29(38)34-27(18-26(32)31(4,5)6)33-23-11-7-21(3)8-12-23/h7-16,18-20,32-33H,17H2,1-6H3,(H,34,38)/b27-18+,32-26?. The molecule has 0 aliphatic heterocycles. The predicted octanol–water partition coefficient (Wildman–Crippen LogP) is 6.63. The number of amides is 1. The van der Waals surface area contributed by atoms with Crippen molar-refractivity contribution in [1.82, 2.24) is 19.9 Å². The molecule has 202 valence electrons. The van der Waals surface area contributed by atoms with Gasteiger partial charge < -0.3 is 20.8 Å². The molecule has 0 unspecified atom stereocenters. The van der Waals surface area contributed by atoms with Gasteiger partial charge in [0.25, 0.3) is 0 Å². The van der Waals surface area contributed by atoms with Crippen LogP contribution >= 0.6 is 0 Å². The molecule has 0 aliphatic rings. The summed E-state index contributed by atoms with van der Waals surface area (Å²) in [5, 5.41) is 23.1. The highest BCUT2D eigenvalue weighted by Gasteiger charge is 2.17. The van der Waals surface area contributed by atoms with Crippen LogP contribution in [-0.4, -0.2) is 26.2 Å². The lowest BCUT2D eigenvalue weighted by atomic mass is 9.90. The molecule has 0 spiro atoms. The summed E-state index contributed by atoms with van der Waals surface area (Å²) in [5.41, 5.74) is 3.65. The van der Waals surface area contributed by atoms with Crippen molar-refractivity contribution in [1.29, 1.82) is 5.41 Å². The molecule has 2 heterocycles. The van der Waals surface area contributed by atoms with Crippen molar-refractivity contribution in [3.05, 3.63) is 95.7 Å². The fourth-order valence-corrected chi connectivity index (χ4v) is 3.79. The molecule has 1 amide bonds. The number of aryl methyl sites for hydroxylation is 1. The SMILES string of the molecule is Cc1ccc(N/C(=C\C(=N)C(C)(C)C)NC(=O)Cc2ccc(Oc3ccc4nnc(C(C)C)n4c3)cc2)cc1. The molecular weight excluding hydrogens is 488 g/mol. The van der Waals surface area contributed by atoms with E-state index in [1.807, 2.05) is 99.0 Å². The first kappa shape index (κ1) is 27.6.